The summed E-state index contributed by atoms with van der Waals surface area (Å²) in [7, 11) is 7.99. The van der Waals surface area contributed by atoms with Gasteiger partial charge in [-0.25, -0.2) is 0 Å². The zero-order valence-corrected chi connectivity index (χ0v) is 15.1. The number of benzene rings is 2. The zero-order valence-electron chi connectivity index (χ0n) is 15.1. The fourth-order valence-electron chi connectivity index (χ4n) is 2.62. The standard InChI is InChI=1S/C20H26N2O2/c1-6-24-20(23)19(15-7-11-17(12-8-15)21(2)3)16-9-13-18(14-10-16)22(4)5/h7-14,19H,6H2,1-5H3. The fourth-order valence-corrected chi connectivity index (χ4v) is 2.62. The average molecular weight is 326 g/mol. The van der Waals surface area contributed by atoms with Crippen LogP contribution >= 0.6 is 0 Å². The van der Waals surface area contributed by atoms with Crippen LogP contribution in [0.1, 0.15) is 24.0 Å². The van der Waals surface area contributed by atoms with Gasteiger partial charge < -0.3 is 14.5 Å². The van der Waals surface area contributed by atoms with Gasteiger partial charge in [0.15, 0.2) is 0 Å². The van der Waals surface area contributed by atoms with Gasteiger partial charge in [-0.15, -0.1) is 0 Å². The molecular formula is C20H26N2O2. The summed E-state index contributed by atoms with van der Waals surface area (Å²) in [6, 6.07) is 16.1. The van der Waals surface area contributed by atoms with Crippen molar-refractivity contribution >= 4 is 17.3 Å². The first-order valence-electron chi connectivity index (χ1n) is 8.15. The predicted molar refractivity (Wildman–Crippen MR) is 100 cm³/mol. The molecule has 0 aromatic heterocycles. The summed E-state index contributed by atoms with van der Waals surface area (Å²) in [6.07, 6.45) is 0. The minimum atomic E-state index is -0.405. The Bertz CT molecular complexity index is 610. The summed E-state index contributed by atoms with van der Waals surface area (Å²) in [5, 5.41) is 0. The lowest BCUT2D eigenvalue weighted by molar-refractivity contribution is -0.143. The third-order valence-electron chi connectivity index (χ3n) is 4.01. The number of nitrogens with zero attached hydrogens (tertiary/aromatic N) is 2. The van der Waals surface area contributed by atoms with Crippen molar-refractivity contribution in [3.63, 3.8) is 0 Å². The van der Waals surface area contributed by atoms with E-state index in [2.05, 4.69) is 0 Å². The van der Waals surface area contributed by atoms with Gasteiger partial charge in [0, 0.05) is 39.6 Å². The maximum atomic E-state index is 12.5. The second-order valence-electron chi connectivity index (χ2n) is 6.16. The summed E-state index contributed by atoms with van der Waals surface area (Å²) < 4.78 is 5.31. The topological polar surface area (TPSA) is 32.8 Å². The van der Waals surface area contributed by atoms with Gasteiger partial charge in [0.2, 0.25) is 0 Å². The highest BCUT2D eigenvalue weighted by atomic mass is 16.5. The molecule has 2 aromatic carbocycles. The summed E-state index contributed by atoms with van der Waals surface area (Å²) in [6.45, 7) is 2.21. The van der Waals surface area contributed by atoms with Gasteiger partial charge in [-0.3, -0.25) is 4.79 Å². The predicted octanol–water partition coefficient (Wildman–Crippen LogP) is 3.51. The lowest BCUT2D eigenvalue weighted by Crippen LogP contribution is -2.18. The van der Waals surface area contributed by atoms with Crippen molar-refractivity contribution in [3.8, 4) is 0 Å². The quantitative estimate of drug-likeness (QED) is 0.761. The molecule has 0 N–H and O–H groups in total. The van der Waals surface area contributed by atoms with Crippen LogP contribution in [0.25, 0.3) is 0 Å². The van der Waals surface area contributed by atoms with E-state index in [0.29, 0.717) is 6.61 Å². The van der Waals surface area contributed by atoms with Gasteiger partial charge in [0.25, 0.3) is 0 Å². The number of hydrogen-bond acceptors (Lipinski definition) is 4. The number of carbonyl (C=O) groups is 1. The van der Waals surface area contributed by atoms with Crippen LogP contribution in [0.2, 0.25) is 0 Å². The monoisotopic (exact) mass is 326 g/mol. The molecule has 4 nitrogen and oxygen atoms in total. The Kier molecular flexibility index (Phi) is 5.85. The smallest absolute Gasteiger partial charge is 0.317 e. The molecule has 2 aromatic rings. The van der Waals surface area contributed by atoms with Gasteiger partial charge in [0.1, 0.15) is 5.92 Å². The molecule has 0 bridgehead atoms. The number of rotatable bonds is 6. The van der Waals surface area contributed by atoms with E-state index in [9.17, 15) is 4.79 Å². The molecular weight excluding hydrogens is 300 g/mol. The Morgan fingerprint density at radius 1 is 0.833 bits per heavy atom. The molecule has 0 aliphatic rings. The molecule has 0 spiro atoms. The minimum Gasteiger partial charge on any atom is -0.465 e. The summed E-state index contributed by atoms with van der Waals surface area (Å²) in [4.78, 5) is 16.6. The highest BCUT2D eigenvalue weighted by Crippen LogP contribution is 2.29. The van der Waals surface area contributed by atoms with Gasteiger partial charge in [0.05, 0.1) is 6.61 Å². The molecule has 128 valence electrons. The van der Waals surface area contributed by atoms with Crippen LogP contribution in [0.15, 0.2) is 48.5 Å². The van der Waals surface area contributed by atoms with Crippen molar-refractivity contribution in [3.05, 3.63) is 59.7 Å². The van der Waals surface area contributed by atoms with E-state index >= 15 is 0 Å². The van der Waals surface area contributed by atoms with Crippen LogP contribution in [0, 0.1) is 0 Å². The lowest BCUT2D eigenvalue weighted by atomic mass is 9.91. The normalized spacial score (nSPS) is 10.6. The molecule has 0 aliphatic carbocycles. The molecule has 0 saturated heterocycles. The summed E-state index contributed by atoms with van der Waals surface area (Å²) in [5.41, 5.74) is 4.09. The third-order valence-corrected chi connectivity index (χ3v) is 4.01. The van der Waals surface area contributed by atoms with Gasteiger partial charge in [-0.1, -0.05) is 24.3 Å². The van der Waals surface area contributed by atoms with Gasteiger partial charge in [-0.05, 0) is 42.3 Å². The van der Waals surface area contributed by atoms with E-state index in [1.54, 1.807) is 0 Å². The molecule has 0 unspecified atom stereocenters. The molecule has 0 fully saturated rings. The van der Waals surface area contributed by atoms with E-state index in [1.165, 1.54) is 0 Å². The second-order valence-corrected chi connectivity index (χ2v) is 6.16. The molecule has 0 heterocycles. The molecule has 24 heavy (non-hydrogen) atoms. The van der Waals surface area contributed by atoms with E-state index < -0.39 is 5.92 Å². The molecule has 0 atom stereocenters. The molecule has 0 radical (unpaired) electrons. The van der Waals surface area contributed by atoms with E-state index in [-0.39, 0.29) is 5.97 Å². The van der Waals surface area contributed by atoms with Crippen LogP contribution in [0.5, 0.6) is 0 Å². The number of carbonyl (C=O) groups excluding carboxylic acids is 1. The maximum Gasteiger partial charge on any atom is 0.317 e. The van der Waals surface area contributed by atoms with Crippen molar-refractivity contribution in [2.45, 2.75) is 12.8 Å². The SMILES string of the molecule is CCOC(=O)C(c1ccc(N(C)C)cc1)c1ccc(N(C)C)cc1. The Morgan fingerprint density at radius 2 is 1.21 bits per heavy atom. The molecule has 4 heteroatoms. The van der Waals surface area contributed by atoms with Crippen molar-refractivity contribution in [2.75, 3.05) is 44.6 Å². The van der Waals surface area contributed by atoms with Crippen molar-refractivity contribution < 1.29 is 9.53 Å². The number of anilines is 2. The van der Waals surface area contributed by atoms with E-state index in [1.807, 2.05) is 93.4 Å². The van der Waals surface area contributed by atoms with E-state index in [4.69, 9.17) is 4.74 Å². The Labute approximate surface area is 144 Å². The highest BCUT2D eigenvalue weighted by Gasteiger charge is 2.24. The van der Waals surface area contributed by atoms with Gasteiger partial charge in [-0.2, -0.15) is 0 Å². The van der Waals surface area contributed by atoms with Crippen molar-refractivity contribution in [1.29, 1.82) is 0 Å². The fraction of sp³-hybridized carbons (Fsp3) is 0.350. The number of esters is 1. The van der Waals surface area contributed by atoms with E-state index in [0.717, 1.165) is 22.5 Å². The first-order valence-corrected chi connectivity index (χ1v) is 8.15. The van der Waals surface area contributed by atoms with Gasteiger partial charge >= 0.3 is 5.97 Å². The first kappa shape index (κ1) is 17.9. The van der Waals surface area contributed by atoms with Crippen LogP contribution in [-0.2, 0) is 9.53 Å². The number of hydrogen-bond donors (Lipinski definition) is 0. The molecule has 0 saturated carbocycles. The third kappa shape index (κ3) is 4.07. The van der Waals surface area contributed by atoms with Crippen LogP contribution in [-0.4, -0.2) is 40.8 Å². The highest BCUT2D eigenvalue weighted by molar-refractivity contribution is 5.82. The largest absolute Gasteiger partial charge is 0.465 e. The Morgan fingerprint density at radius 3 is 1.50 bits per heavy atom. The molecule has 0 amide bonds. The number of ether oxygens (including phenoxy) is 1. The first-order chi connectivity index (χ1) is 11.4. The van der Waals surface area contributed by atoms with Crippen molar-refractivity contribution in [1.82, 2.24) is 0 Å². The molecule has 0 aliphatic heterocycles. The average Bonchev–Trinajstić information content (AvgIpc) is 2.56. The maximum absolute atomic E-state index is 12.5. The lowest BCUT2D eigenvalue weighted by Gasteiger charge is -2.19. The van der Waals surface area contributed by atoms with Crippen LogP contribution in [0.3, 0.4) is 0 Å². The second kappa shape index (κ2) is 7.86. The molecule has 2 rings (SSSR count). The van der Waals surface area contributed by atoms with Crippen molar-refractivity contribution in [2.24, 2.45) is 0 Å². The Balaban J connectivity index is 2.39. The Hall–Kier alpha value is -2.49. The summed E-state index contributed by atoms with van der Waals surface area (Å²) in [5.74, 6) is -0.620. The zero-order chi connectivity index (χ0) is 17.7. The minimum absolute atomic E-state index is 0.215. The summed E-state index contributed by atoms with van der Waals surface area (Å²) >= 11 is 0. The van der Waals surface area contributed by atoms with Crippen LogP contribution < -0.4 is 9.80 Å². The van der Waals surface area contributed by atoms with Crippen LogP contribution in [0.4, 0.5) is 11.4 Å².